The van der Waals surface area contributed by atoms with E-state index in [1.54, 1.807) is 12.3 Å². The second-order valence-electron chi connectivity index (χ2n) is 4.79. The molecule has 4 nitrogen and oxygen atoms in total. The first-order valence-corrected chi connectivity index (χ1v) is 6.13. The fraction of sp³-hybridized carbons (Fsp3) is 0.357. The molecule has 96 valence electrons. The van der Waals surface area contributed by atoms with Crippen molar-refractivity contribution in [3.8, 4) is 5.75 Å². The molecule has 2 aromatic rings. The minimum absolute atomic E-state index is 0.323. The number of aryl methyl sites for hydroxylation is 1. The fourth-order valence-electron chi connectivity index (χ4n) is 1.76. The number of nitrogens with zero attached hydrogens (tertiary/aromatic N) is 2. The van der Waals surface area contributed by atoms with Crippen LogP contribution >= 0.6 is 0 Å². The summed E-state index contributed by atoms with van der Waals surface area (Å²) in [5.41, 5.74) is 3.00. The van der Waals surface area contributed by atoms with Gasteiger partial charge in [-0.1, -0.05) is 17.7 Å². The Labute approximate surface area is 107 Å². The monoisotopic (exact) mass is 245 g/mol. The van der Waals surface area contributed by atoms with Gasteiger partial charge >= 0.3 is 0 Å². The van der Waals surface area contributed by atoms with E-state index in [1.165, 1.54) is 0 Å². The maximum absolute atomic E-state index is 9.75. The molecule has 1 heterocycles. The van der Waals surface area contributed by atoms with Crippen LogP contribution < -0.4 is 5.32 Å². The molecule has 0 fully saturated rings. The first kappa shape index (κ1) is 12.5. The van der Waals surface area contributed by atoms with Gasteiger partial charge in [-0.2, -0.15) is 5.10 Å². The molecule has 2 N–H and O–H groups in total. The van der Waals surface area contributed by atoms with Crippen LogP contribution in [0.3, 0.4) is 0 Å². The Morgan fingerprint density at radius 2 is 2.17 bits per heavy atom. The van der Waals surface area contributed by atoms with E-state index in [0.29, 0.717) is 18.3 Å². The van der Waals surface area contributed by atoms with Crippen molar-refractivity contribution in [2.45, 2.75) is 33.4 Å². The highest BCUT2D eigenvalue weighted by atomic mass is 16.3. The van der Waals surface area contributed by atoms with Gasteiger partial charge in [0.05, 0.1) is 11.9 Å². The van der Waals surface area contributed by atoms with Crippen LogP contribution in [-0.2, 0) is 6.54 Å². The van der Waals surface area contributed by atoms with Gasteiger partial charge in [0.2, 0.25) is 0 Å². The number of benzene rings is 1. The van der Waals surface area contributed by atoms with Crippen LogP contribution in [0.4, 0.5) is 5.69 Å². The zero-order valence-corrected chi connectivity index (χ0v) is 11.0. The van der Waals surface area contributed by atoms with Crippen molar-refractivity contribution in [3.05, 3.63) is 41.7 Å². The third kappa shape index (κ3) is 2.83. The molecule has 0 unspecified atom stereocenters. The molecule has 1 aromatic carbocycles. The molecular weight excluding hydrogens is 226 g/mol. The molecular formula is C14H19N3O. The zero-order valence-electron chi connectivity index (χ0n) is 11.0. The van der Waals surface area contributed by atoms with Crippen LogP contribution in [0.2, 0.25) is 0 Å². The summed E-state index contributed by atoms with van der Waals surface area (Å²) in [5.74, 6) is 0.323. The summed E-state index contributed by atoms with van der Waals surface area (Å²) >= 11 is 0. The van der Waals surface area contributed by atoms with Crippen LogP contribution in [0, 0.1) is 6.92 Å². The highest BCUT2D eigenvalue weighted by Gasteiger charge is 2.04. The lowest BCUT2D eigenvalue weighted by atomic mass is 10.1. The van der Waals surface area contributed by atoms with Crippen LogP contribution in [0.25, 0.3) is 0 Å². The molecule has 0 aliphatic carbocycles. The number of phenolic OH excluding ortho intramolecular Hbond substituents is 1. The van der Waals surface area contributed by atoms with Gasteiger partial charge in [0.1, 0.15) is 5.75 Å². The van der Waals surface area contributed by atoms with Gasteiger partial charge in [-0.3, -0.25) is 4.68 Å². The lowest BCUT2D eigenvalue weighted by molar-refractivity contribution is 0.469. The number of phenols is 1. The van der Waals surface area contributed by atoms with Gasteiger partial charge < -0.3 is 10.4 Å². The van der Waals surface area contributed by atoms with Gasteiger partial charge in [0.25, 0.3) is 0 Å². The Bertz CT molecular complexity index is 532. The molecule has 18 heavy (non-hydrogen) atoms. The molecule has 0 aliphatic heterocycles. The third-order valence-corrected chi connectivity index (χ3v) is 2.85. The highest BCUT2D eigenvalue weighted by molar-refractivity contribution is 5.42. The molecule has 0 atom stereocenters. The first-order chi connectivity index (χ1) is 8.56. The van der Waals surface area contributed by atoms with E-state index in [9.17, 15) is 5.11 Å². The lowest BCUT2D eigenvalue weighted by Crippen LogP contribution is -2.01. The van der Waals surface area contributed by atoms with E-state index >= 15 is 0 Å². The van der Waals surface area contributed by atoms with Crippen molar-refractivity contribution < 1.29 is 5.11 Å². The predicted molar refractivity (Wildman–Crippen MR) is 72.8 cm³/mol. The van der Waals surface area contributed by atoms with E-state index in [1.807, 2.05) is 29.9 Å². The standard InChI is InChI=1S/C14H19N3O/c1-10(2)17-9-13(8-16-17)15-7-12-6-11(3)4-5-14(12)18/h4-6,8-10,15,18H,7H2,1-3H3. The molecule has 2 rings (SSSR count). The number of nitrogens with one attached hydrogen (secondary N) is 1. The van der Waals surface area contributed by atoms with Gasteiger partial charge in [-0.25, -0.2) is 0 Å². The Morgan fingerprint density at radius 1 is 1.39 bits per heavy atom. The van der Waals surface area contributed by atoms with Crippen molar-refractivity contribution >= 4 is 5.69 Å². The fourth-order valence-corrected chi connectivity index (χ4v) is 1.76. The van der Waals surface area contributed by atoms with Crippen LogP contribution in [0.1, 0.15) is 31.0 Å². The average molecular weight is 245 g/mol. The predicted octanol–water partition coefficient (Wildman–Crippen LogP) is 3.09. The summed E-state index contributed by atoms with van der Waals surface area (Å²) in [7, 11) is 0. The van der Waals surface area contributed by atoms with Gasteiger partial charge in [0, 0.05) is 24.3 Å². The first-order valence-electron chi connectivity index (χ1n) is 6.13. The number of hydrogen-bond acceptors (Lipinski definition) is 3. The number of rotatable bonds is 4. The van der Waals surface area contributed by atoms with Crippen molar-refractivity contribution in [2.75, 3.05) is 5.32 Å². The van der Waals surface area contributed by atoms with Crippen molar-refractivity contribution in [1.82, 2.24) is 9.78 Å². The maximum Gasteiger partial charge on any atom is 0.120 e. The molecule has 0 aliphatic rings. The molecule has 0 saturated carbocycles. The minimum Gasteiger partial charge on any atom is -0.508 e. The molecule has 0 spiro atoms. The summed E-state index contributed by atoms with van der Waals surface area (Å²) in [6, 6.07) is 5.96. The minimum atomic E-state index is 0.323. The van der Waals surface area contributed by atoms with Gasteiger partial charge in [-0.15, -0.1) is 0 Å². The second-order valence-corrected chi connectivity index (χ2v) is 4.79. The quantitative estimate of drug-likeness (QED) is 0.870. The van der Waals surface area contributed by atoms with E-state index < -0.39 is 0 Å². The molecule has 4 heteroatoms. The van der Waals surface area contributed by atoms with Crippen molar-refractivity contribution in [3.63, 3.8) is 0 Å². The number of aromatic hydroxyl groups is 1. The van der Waals surface area contributed by atoms with Gasteiger partial charge in [0.15, 0.2) is 0 Å². The maximum atomic E-state index is 9.75. The summed E-state index contributed by atoms with van der Waals surface area (Å²) in [5, 5.41) is 17.3. The molecule has 1 aromatic heterocycles. The van der Waals surface area contributed by atoms with Crippen LogP contribution in [-0.4, -0.2) is 14.9 Å². The Kier molecular flexibility index (Phi) is 3.55. The number of anilines is 1. The summed E-state index contributed by atoms with van der Waals surface area (Å²) in [6.07, 6.45) is 3.77. The normalized spacial score (nSPS) is 10.9. The Morgan fingerprint density at radius 3 is 2.83 bits per heavy atom. The van der Waals surface area contributed by atoms with Crippen molar-refractivity contribution in [1.29, 1.82) is 0 Å². The summed E-state index contributed by atoms with van der Waals surface area (Å²) < 4.78 is 1.90. The highest BCUT2D eigenvalue weighted by Crippen LogP contribution is 2.19. The van der Waals surface area contributed by atoms with E-state index in [4.69, 9.17) is 0 Å². The summed E-state index contributed by atoms with van der Waals surface area (Å²) in [4.78, 5) is 0. The molecule has 0 radical (unpaired) electrons. The number of aromatic nitrogens is 2. The SMILES string of the molecule is Cc1ccc(O)c(CNc2cnn(C(C)C)c2)c1. The van der Waals surface area contributed by atoms with E-state index in [-0.39, 0.29) is 0 Å². The van der Waals surface area contributed by atoms with Crippen LogP contribution in [0.5, 0.6) is 5.75 Å². The zero-order chi connectivity index (χ0) is 13.1. The smallest absolute Gasteiger partial charge is 0.120 e. The lowest BCUT2D eigenvalue weighted by Gasteiger charge is -2.07. The third-order valence-electron chi connectivity index (χ3n) is 2.85. The molecule has 0 amide bonds. The van der Waals surface area contributed by atoms with Crippen molar-refractivity contribution in [2.24, 2.45) is 0 Å². The van der Waals surface area contributed by atoms with E-state index in [0.717, 1.165) is 16.8 Å². The van der Waals surface area contributed by atoms with Crippen LogP contribution in [0.15, 0.2) is 30.6 Å². The molecule has 0 saturated heterocycles. The van der Waals surface area contributed by atoms with Gasteiger partial charge in [-0.05, 0) is 26.8 Å². The summed E-state index contributed by atoms with van der Waals surface area (Å²) in [6.45, 7) is 6.78. The number of hydrogen-bond donors (Lipinski definition) is 2. The largest absolute Gasteiger partial charge is 0.508 e. The molecule has 0 bridgehead atoms. The second kappa shape index (κ2) is 5.12. The topological polar surface area (TPSA) is 50.1 Å². The Hall–Kier alpha value is -1.97. The Balaban J connectivity index is 2.04. The van der Waals surface area contributed by atoms with E-state index in [2.05, 4.69) is 24.3 Å². The average Bonchev–Trinajstić information content (AvgIpc) is 2.79.